The monoisotopic (exact) mass is 394 g/mol. The van der Waals surface area contributed by atoms with Crippen LogP contribution < -0.4 is 4.90 Å². The van der Waals surface area contributed by atoms with E-state index >= 15 is 0 Å². The van der Waals surface area contributed by atoms with Gasteiger partial charge in [0.2, 0.25) is 0 Å². The van der Waals surface area contributed by atoms with E-state index in [0.29, 0.717) is 6.61 Å². The van der Waals surface area contributed by atoms with Crippen molar-refractivity contribution in [3.8, 4) is 0 Å². The molecule has 0 radical (unpaired) electrons. The maximum absolute atomic E-state index is 6.21. The Hall–Kier alpha value is -2.32. The van der Waals surface area contributed by atoms with E-state index in [1.807, 2.05) is 4.40 Å². The molecule has 0 saturated carbocycles. The summed E-state index contributed by atoms with van der Waals surface area (Å²) < 4.78 is 9.15. The lowest BCUT2D eigenvalue weighted by atomic mass is 9.90. The van der Waals surface area contributed by atoms with Crippen molar-refractivity contribution in [2.75, 3.05) is 18.0 Å². The molecule has 8 heteroatoms. The first-order valence-electron chi connectivity index (χ1n) is 9.92. The minimum atomic E-state index is -0.187. The molecule has 1 fully saturated rings. The topological polar surface area (TPSA) is 68.4 Å². The predicted octanol–water partition coefficient (Wildman–Crippen LogP) is 3.73. The highest BCUT2D eigenvalue weighted by atomic mass is 32.1. The Morgan fingerprint density at radius 3 is 2.82 bits per heavy atom. The molecule has 1 saturated heterocycles. The summed E-state index contributed by atoms with van der Waals surface area (Å²) in [7, 11) is 0. The van der Waals surface area contributed by atoms with E-state index in [1.54, 1.807) is 24.0 Å². The van der Waals surface area contributed by atoms with Crippen LogP contribution in [0.15, 0.2) is 12.7 Å². The minimum Gasteiger partial charge on any atom is -0.370 e. The summed E-state index contributed by atoms with van der Waals surface area (Å²) in [5.41, 5.74) is 4.26. The highest BCUT2D eigenvalue weighted by Gasteiger charge is 2.33. The molecule has 0 bridgehead atoms. The normalized spacial score (nSPS) is 19.6. The Labute approximate surface area is 166 Å². The van der Waals surface area contributed by atoms with Gasteiger partial charge in [-0.2, -0.15) is 0 Å². The molecule has 0 aromatic carbocycles. The third kappa shape index (κ3) is 2.37. The van der Waals surface area contributed by atoms with E-state index in [0.717, 1.165) is 46.0 Å². The van der Waals surface area contributed by atoms with Gasteiger partial charge in [-0.3, -0.25) is 4.40 Å². The average Bonchev–Trinajstić information content (AvgIpc) is 3.31. The van der Waals surface area contributed by atoms with Crippen LogP contribution in [-0.2, 0) is 17.8 Å². The number of hydrogen-bond acceptors (Lipinski definition) is 7. The lowest BCUT2D eigenvalue weighted by Crippen LogP contribution is -2.36. The molecule has 7 nitrogen and oxygen atoms in total. The smallest absolute Gasteiger partial charge is 0.181 e. The zero-order valence-corrected chi connectivity index (χ0v) is 16.9. The molecule has 144 valence electrons. The number of thiophene rings is 1. The number of rotatable bonds is 1. The van der Waals surface area contributed by atoms with Crippen LogP contribution in [0.3, 0.4) is 0 Å². The van der Waals surface area contributed by atoms with Crippen molar-refractivity contribution in [1.82, 2.24) is 24.6 Å². The summed E-state index contributed by atoms with van der Waals surface area (Å²) in [5.74, 6) is 1.11. The third-order valence-electron chi connectivity index (χ3n) is 5.96. The maximum Gasteiger partial charge on any atom is 0.181 e. The molecule has 6 heterocycles. The Morgan fingerprint density at radius 1 is 1.11 bits per heavy atom. The molecule has 6 rings (SSSR count). The van der Waals surface area contributed by atoms with Crippen molar-refractivity contribution >= 4 is 43.2 Å². The van der Waals surface area contributed by atoms with Gasteiger partial charge >= 0.3 is 0 Å². The van der Waals surface area contributed by atoms with Gasteiger partial charge in [0.15, 0.2) is 5.65 Å². The summed E-state index contributed by atoms with van der Waals surface area (Å²) in [4.78, 5) is 13.4. The van der Waals surface area contributed by atoms with E-state index < -0.39 is 0 Å². The first kappa shape index (κ1) is 16.6. The summed E-state index contributed by atoms with van der Waals surface area (Å²) in [6, 6.07) is 0. The number of ether oxygens (including phenoxy) is 1. The molecule has 0 atom stereocenters. The van der Waals surface area contributed by atoms with Gasteiger partial charge in [-0.1, -0.05) is 0 Å². The summed E-state index contributed by atoms with van der Waals surface area (Å²) in [5, 5.41) is 9.55. The number of anilines is 1. The number of pyridine rings is 1. The first-order chi connectivity index (χ1) is 13.6. The molecule has 0 amide bonds. The number of piperidine rings is 1. The van der Waals surface area contributed by atoms with Crippen LogP contribution in [0, 0.1) is 0 Å². The molecule has 4 aromatic rings. The quantitative estimate of drug-likeness (QED) is 0.490. The van der Waals surface area contributed by atoms with Crippen LogP contribution in [0.25, 0.3) is 26.1 Å². The Bertz CT molecular complexity index is 1220. The summed E-state index contributed by atoms with van der Waals surface area (Å²) in [6.45, 7) is 7.10. The highest BCUT2D eigenvalue weighted by Crippen LogP contribution is 2.43. The summed E-state index contributed by atoms with van der Waals surface area (Å²) in [6.07, 6.45) is 8.14. The molecule has 4 aromatic heterocycles. The average molecular weight is 395 g/mol. The van der Waals surface area contributed by atoms with Crippen LogP contribution in [0.4, 0.5) is 5.82 Å². The fourth-order valence-corrected chi connectivity index (χ4v) is 5.69. The highest BCUT2D eigenvalue weighted by molar-refractivity contribution is 7.26. The molecule has 0 spiro atoms. The zero-order valence-electron chi connectivity index (χ0n) is 16.1. The minimum absolute atomic E-state index is 0.187. The van der Waals surface area contributed by atoms with Gasteiger partial charge in [-0.15, -0.1) is 21.5 Å². The third-order valence-corrected chi connectivity index (χ3v) is 7.03. The SMILES string of the molecule is CC1(C)Cc2c(c(N3CCCCC3)nc3sc4c(ncn5cnnc45)c23)CO1. The standard InChI is InChI=1S/C20H22N6OS/c1-20(2)8-12-13(9-27-20)17(25-6-4-3-5-7-25)23-19-14(12)15-16(28-19)18-24-22-11-26(18)10-21-15/h10-11H,3-9H2,1-2H3. The number of aromatic nitrogens is 5. The van der Waals surface area contributed by atoms with Crippen LogP contribution in [-0.4, -0.2) is 43.3 Å². The van der Waals surface area contributed by atoms with Crippen LogP contribution >= 0.6 is 11.3 Å². The molecule has 2 aliphatic heterocycles. The van der Waals surface area contributed by atoms with Crippen molar-refractivity contribution in [2.45, 2.75) is 51.7 Å². The fourth-order valence-electron chi connectivity index (χ4n) is 4.55. The lowest BCUT2D eigenvalue weighted by molar-refractivity contribution is -0.0395. The van der Waals surface area contributed by atoms with E-state index in [9.17, 15) is 0 Å². The lowest BCUT2D eigenvalue weighted by Gasteiger charge is -2.36. The van der Waals surface area contributed by atoms with Gasteiger partial charge in [0.1, 0.15) is 28.0 Å². The summed E-state index contributed by atoms with van der Waals surface area (Å²) >= 11 is 1.68. The van der Waals surface area contributed by atoms with E-state index in [-0.39, 0.29) is 5.60 Å². The first-order valence-corrected chi connectivity index (χ1v) is 10.7. The van der Waals surface area contributed by atoms with Gasteiger partial charge in [0, 0.05) is 30.5 Å². The Morgan fingerprint density at radius 2 is 1.96 bits per heavy atom. The molecule has 0 unspecified atom stereocenters. The van der Waals surface area contributed by atoms with Gasteiger partial charge in [-0.05, 0) is 38.7 Å². The van der Waals surface area contributed by atoms with E-state index in [1.165, 1.54) is 35.8 Å². The largest absolute Gasteiger partial charge is 0.370 e. The predicted molar refractivity (Wildman–Crippen MR) is 110 cm³/mol. The zero-order chi connectivity index (χ0) is 18.9. The number of hydrogen-bond donors (Lipinski definition) is 0. The second-order valence-corrected chi connectivity index (χ2v) is 9.43. The second-order valence-electron chi connectivity index (χ2n) is 8.43. The molecular weight excluding hydrogens is 372 g/mol. The molecule has 28 heavy (non-hydrogen) atoms. The number of fused-ring (bicyclic) bond motifs is 7. The van der Waals surface area contributed by atoms with Gasteiger partial charge < -0.3 is 9.64 Å². The Kier molecular flexibility index (Phi) is 3.47. The maximum atomic E-state index is 6.21. The van der Waals surface area contributed by atoms with Gasteiger partial charge in [-0.25, -0.2) is 9.97 Å². The van der Waals surface area contributed by atoms with Crippen LogP contribution in [0.1, 0.15) is 44.2 Å². The molecule has 0 N–H and O–H groups in total. The van der Waals surface area contributed by atoms with Crippen molar-refractivity contribution in [3.63, 3.8) is 0 Å². The van der Waals surface area contributed by atoms with Crippen molar-refractivity contribution in [1.29, 1.82) is 0 Å². The van der Waals surface area contributed by atoms with Crippen LogP contribution in [0.2, 0.25) is 0 Å². The van der Waals surface area contributed by atoms with Crippen LogP contribution in [0.5, 0.6) is 0 Å². The number of nitrogens with zero attached hydrogens (tertiary/aromatic N) is 6. The van der Waals surface area contributed by atoms with Gasteiger partial charge in [0.05, 0.1) is 17.7 Å². The van der Waals surface area contributed by atoms with E-state index in [2.05, 4.69) is 28.9 Å². The van der Waals surface area contributed by atoms with Crippen molar-refractivity contribution in [3.05, 3.63) is 23.8 Å². The molecular formula is C20H22N6OS. The van der Waals surface area contributed by atoms with Crippen molar-refractivity contribution in [2.24, 2.45) is 0 Å². The van der Waals surface area contributed by atoms with Crippen molar-refractivity contribution < 1.29 is 4.74 Å². The second kappa shape index (κ2) is 5.84. The fraction of sp³-hybridized carbons (Fsp3) is 0.500. The molecule has 2 aliphatic rings. The van der Waals surface area contributed by atoms with E-state index in [4.69, 9.17) is 14.7 Å². The molecule has 0 aliphatic carbocycles. The Balaban J connectivity index is 1.69. The van der Waals surface area contributed by atoms with Gasteiger partial charge in [0.25, 0.3) is 0 Å².